The van der Waals surface area contributed by atoms with Crippen molar-refractivity contribution in [2.45, 2.75) is 0 Å². The lowest BCUT2D eigenvalue weighted by Gasteiger charge is -2.39. The largest absolute Gasteiger partial charge is 0.372 e. The minimum Gasteiger partial charge on any atom is -0.372 e. The summed E-state index contributed by atoms with van der Waals surface area (Å²) in [5.41, 5.74) is 1.10. The number of hydrogen-bond donors (Lipinski definition) is 1. The molecule has 0 amide bonds. The fraction of sp³-hybridized carbons (Fsp3) is 0.500. The predicted molar refractivity (Wildman–Crippen MR) is 69.7 cm³/mol. The van der Waals surface area contributed by atoms with Gasteiger partial charge in [0.05, 0.1) is 12.4 Å². The molecule has 1 heterocycles. The van der Waals surface area contributed by atoms with Gasteiger partial charge >= 0.3 is 0 Å². The average molecular weight is 254 g/mol. The second-order valence-corrected chi connectivity index (χ2v) is 6.88. The van der Waals surface area contributed by atoms with Gasteiger partial charge in [0.1, 0.15) is 9.84 Å². The van der Waals surface area contributed by atoms with E-state index in [9.17, 15) is 8.42 Å². The first-order valence-corrected chi connectivity index (χ1v) is 7.78. The second-order valence-electron chi connectivity index (χ2n) is 4.70. The highest BCUT2D eigenvalue weighted by Crippen LogP contribution is 2.17. The van der Waals surface area contributed by atoms with Crippen molar-refractivity contribution in [1.29, 1.82) is 0 Å². The summed E-state index contributed by atoms with van der Waals surface area (Å²) in [5, 5.41) is 3.31. The molecule has 0 aliphatic carbocycles. The molecule has 5 heteroatoms. The summed E-state index contributed by atoms with van der Waals surface area (Å²) in [4.78, 5) is 2.21. The van der Waals surface area contributed by atoms with Crippen LogP contribution in [0.4, 0.5) is 5.69 Å². The lowest BCUT2D eigenvalue weighted by atomic mass is 10.0. The quantitative estimate of drug-likeness (QED) is 0.853. The van der Waals surface area contributed by atoms with Gasteiger partial charge in [-0.15, -0.1) is 0 Å². The fourth-order valence-electron chi connectivity index (χ4n) is 2.10. The van der Waals surface area contributed by atoms with Crippen molar-refractivity contribution in [2.24, 2.45) is 5.92 Å². The topological polar surface area (TPSA) is 49.4 Å². The van der Waals surface area contributed by atoms with E-state index < -0.39 is 9.84 Å². The molecule has 1 saturated heterocycles. The first kappa shape index (κ1) is 12.4. The van der Waals surface area contributed by atoms with Crippen LogP contribution in [0.3, 0.4) is 0 Å². The molecule has 1 aliphatic heterocycles. The third-order valence-electron chi connectivity index (χ3n) is 2.85. The van der Waals surface area contributed by atoms with Crippen LogP contribution in [0.1, 0.15) is 0 Å². The Labute approximate surface area is 103 Å². The van der Waals surface area contributed by atoms with Crippen LogP contribution >= 0.6 is 0 Å². The monoisotopic (exact) mass is 254 g/mol. The molecule has 1 aromatic rings. The molecule has 0 saturated carbocycles. The Morgan fingerprint density at radius 1 is 1.29 bits per heavy atom. The van der Waals surface area contributed by atoms with Crippen molar-refractivity contribution in [3.8, 4) is 0 Å². The zero-order valence-electron chi connectivity index (χ0n) is 9.96. The Bertz CT molecular complexity index is 453. The predicted octanol–water partition coefficient (Wildman–Crippen LogP) is 1.03. The van der Waals surface area contributed by atoms with Gasteiger partial charge in [0.25, 0.3) is 0 Å². The van der Waals surface area contributed by atoms with Crippen LogP contribution in [-0.2, 0) is 9.84 Å². The normalized spacial score (nSPS) is 17.7. The van der Waals surface area contributed by atoms with Crippen LogP contribution in [0, 0.1) is 5.92 Å². The molecule has 1 aliphatic rings. The molecule has 0 unspecified atom stereocenters. The number of para-hydroxylation sites is 1. The first-order chi connectivity index (χ1) is 8.03. The van der Waals surface area contributed by atoms with Crippen LogP contribution < -0.4 is 5.32 Å². The maximum Gasteiger partial charge on any atom is 0.147 e. The standard InChI is InChI=1S/C12H18N2O2S/c1-17(15,16)9-11-7-14(8-11)10-13-12-5-3-2-4-6-12/h2-6,11,13H,7-10H2,1H3. The van der Waals surface area contributed by atoms with Crippen molar-refractivity contribution in [1.82, 2.24) is 4.90 Å². The van der Waals surface area contributed by atoms with E-state index in [0.29, 0.717) is 11.7 Å². The molecule has 4 nitrogen and oxygen atoms in total. The highest BCUT2D eigenvalue weighted by atomic mass is 32.2. The molecule has 0 spiro atoms. The van der Waals surface area contributed by atoms with Crippen LogP contribution in [0.5, 0.6) is 0 Å². The zero-order valence-corrected chi connectivity index (χ0v) is 10.8. The van der Waals surface area contributed by atoms with Crippen LogP contribution in [-0.4, -0.2) is 45.1 Å². The second kappa shape index (κ2) is 5.06. The zero-order chi connectivity index (χ0) is 12.3. The molecular weight excluding hydrogens is 236 g/mol. The molecular formula is C12H18N2O2S. The van der Waals surface area contributed by atoms with Gasteiger partial charge in [-0.2, -0.15) is 0 Å². The van der Waals surface area contributed by atoms with E-state index in [4.69, 9.17) is 0 Å². The van der Waals surface area contributed by atoms with Gasteiger partial charge in [-0.3, -0.25) is 4.90 Å². The summed E-state index contributed by atoms with van der Waals surface area (Å²) in [7, 11) is -2.82. The molecule has 1 fully saturated rings. The maximum atomic E-state index is 11.1. The van der Waals surface area contributed by atoms with Crippen molar-refractivity contribution in [3.63, 3.8) is 0 Å². The van der Waals surface area contributed by atoms with Crippen molar-refractivity contribution in [3.05, 3.63) is 30.3 Å². The SMILES string of the molecule is CS(=O)(=O)CC1CN(CNc2ccccc2)C1. The molecule has 0 atom stereocenters. The van der Waals surface area contributed by atoms with Gasteiger partial charge in [-0.25, -0.2) is 8.42 Å². The Hall–Kier alpha value is -1.07. The fourth-order valence-corrected chi connectivity index (χ4v) is 3.17. The highest BCUT2D eigenvalue weighted by Gasteiger charge is 2.28. The molecule has 0 radical (unpaired) electrons. The number of nitrogens with one attached hydrogen (secondary N) is 1. The number of hydrogen-bond acceptors (Lipinski definition) is 4. The Kier molecular flexibility index (Phi) is 3.69. The molecule has 94 valence electrons. The summed E-state index contributed by atoms with van der Waals surface area (Å²) in [6, 6.07) is 10.0. The Morgan fingerprint density at radius 2 is 1.94 bits per heavy atom. The number of nitrogens with zero attached hydrogens (tertiary/aromatic N) is 1. The van der Waals surface area contributed by atoms with E-state index in [2.05, 4.69) is 10.2 Å². The Balaban J connectivity index is 1.68. The van der Waals surface area contributed by atoms with Gasteiger partial charge < -0.3 is 5.32 Å². The minimum absolute atomic E-state index is 0.308. The van der Waals surface area contributed by atoms with Crippen LogP contribution in [0.25, 0.3) is 0 Å². The van der Waals surface area contributed by atoms with Crippen molar-refractivity contribution >= 4 is 15.5 Å². The molecule has 17 heavy (non-hydrogen) atoms. The molecule has 0 aromatic heterocycles. The van der Waals surface area contributed by atoms with Gasteiger partial charge in [-0.05, 0) is 18.1 Å². The van der Waals surface area contributed by atoms with Crippen LogP contribution in [0.15, 0.2) is 30.3 Å². The van der Waals surface area contributed by atoms with Crippen molar-refractivity contribution < 1.29 is 8.42 Å². The minimum atomic E-state index is -2.82. The molecule has 1 N–H and O–H groups in total. The number of benzene rings is 1. The van der Waals surface area contributed by atoms with E-state index in [0.717, 1.165) is 25.4 Å². The van der Waals surface area contributed by atoms with E-state index >= 15 is 0 Å². The van der Waals surface area contributed by atoms with Gasteiger partial charge in [0.15, 0.2) is 0 Å². The number of rotatable bonds is 5. The summed E-state index contributed by atoms with van der Waals surface area (Å²) in [5.74, 6) is 0.622. The average Bonchev–Trinajstić information content (AvgIpc) is 2.21. The molecule has 0 bridgehead atoms. The lowest BCUT2D eigenvalue weighted by molar-refractivity contribution is 0.125. The third-order valence-corrected chi connectivity index (χ3v) is 3.93. The van der Waals surface area contributed by atoms with Crippen molar-refractivity contribution in [2.75, 3.05) is 37.1 Å². The summed E-state index contributed by atoms with van der Waals surface area (Å²) >= 11 is 0. The number of anilines is 1. The first-order valence-electron chi connectivity index (χ1n) is 5.72. The third kappa shape index (κ3) is 4.02. The summed E-state index contributed by atoms with van der Waals surface area (Å²) in [6.07, 6.45) is 1.30. The number of likely N-dealkylation sites (tertiary alicyclic amines) is 1. The lowest BCUT2D eigenvalue weighted by Crippen LogP contribution is -2.51. The van der Waals surface area contributed by atoms with E-state index in [1.165, 1.54) is 6.26 Å². The van der Waals surface area contributed by atoms with Gasteiger partial charge in [-0.1, -0.05) is 18.2 Å². The highest BCUT2D eigenvalue weighted by molar-refractivity contribution is 7.90. The van der Waals surface area contributed by atoms with Crippen LogP contribution in [0.2, 0.25) is 0 Å². The smallest absolute Gasteiger partial charge is 0.147 e. The van der Waals surface area contributed by atoms with E-state index in [1.54, 1.807) is 0 Å². The summed E-state index contributed by atoms with van der Waals surface area (Å²) in [6.45, 7) is 2.52. The Morgan fingerprint density at radius 3 is 2.53 bits per heavy atom. The van der Waals surface area contributed by atoms with E-state index in [-0.39, 0.29) is 0 Å². The molecule has 1 aromatic carbocycles. The number of sulfone groups is 1. The summed E-state index contributed by atoms with van der Waals surface area (Å²) < 4.78 is 22.2. The maximum absolute atomic E-state index is 11.1. The van der Waals surface area contributed by atoms with E-state index in [1.807, 2.05) is 30.3 Å². The van der Waals surface area contributed by atoms with Gasteiger partial charge in [0.2, 0.25) is 0 Å². The van der Waals surface area contributed by atoms with Gasteiger partial charge in [0, 0.05) is 25.0 Å². The molecule has 2 rings (SSSR count).